The van der Waals surface area contributed by atoms with Gasteiger partial charge < -0.3 is 10.2 Å². The number of phenolic OH excluding ortho intramolecular Hbond substituents is 2. The Morgan fingerprint density at radius 2 is 1.90 bits per heavy atom. The minimum atomic E-state index is -0.958. The molecule has 10 heavy (non-hydrogen) atoms. The molecule has 1 aromatic rings. The molecule has 54 valence electrons. The van der Waals surface area contributed by atoms with E-state index in [-0.39, 0.29) is 0 Å². The van der Waals surface area contributed by atoms with Gasteiger partial charge in [-0.25, -0.2) is 0 Å². The highest BCUT2D eigenvalue weighted by Gasteiger charge is 2.07. The van der Waals surface area contributed by atoms with Crippen LogP contribution in [0.25, 0.3) is 0 Å². The van der Waals surface area contributed by atoms with Crippen molar-refractivity contribution < 1.29 is 14.6 Å². The third-order valence-corrected chi connectivity index (χ3v) is 1.30. The van der Waals surface area contributed by atoms with E-state index in [1.54, 1.807) is 6.92 Å². The summed E-state index contributed by atoms with van der Waals surface area (Å²) >= 11 is 0. The van der Waals surface area contributed by atoms with E-state index in [1.807, 2.05) is 0 Å². The predicted octanol–water partition coefficient (Wildman–Crippen LogP) is 1.55. The highest BCUT2D eigenvalue weighted by atomic mass is 19.1. The van der Waals surface area contributed by atoms with Gasteiger partial charge >= 0.3 is 0 Å². The standard InChI is InChI=1S/C7H7FO2/c1-4-2-3-5(9)6(8)7(4)10/h2-3,9-10H,1H3. The average molecular weight is 142 g/mol. The first-order valence-electron chi connectivity index (χ1n) is 2.80. The molecule has 1 rings (SSSR count). The summed E-state index contributed by atoms with van der Waals surface area (Å²) in [5.74, 6) is -1.97. The Hall–Kier alpha value is -1.25. The van der Waals surface area contributed by atoms with Gasteiger partial charge in [-0.1, -0.05) is 6.07 Å². The van der Waals surface area contributed by atoms with Crippen molar-refractivity contribution in [2.45, 2.75) is 6.92 Å². The lowest BCUT2D eigenvalue weighted by Gasteiger charge is -1.99. The van der Waals surface area contributed by atoms with E-state index in [4.69, 9.17) is 10.2 Å². The van der Waals surface area contributed by atoms with Crippen LogP contribution >= 0.6 is 0 Å². The molecule has 2 nitrogen and oxygen atoms in total. The zero-order valence-corrected chi connectivity index (χ0v) is 5.43. The number of phenols is 2. The van der Waals surface area contributed by atoms with Crippen molar-refractivity contribution in [3.05, 3.63) is 23.5 Å². The first-order valence-corrected chi connectivity index (χ1v) is 2.80. The molecule has 0 atom stereocenters. The van der Waals surface area contributed by atoms with Gasteiger partial charge in [0.1, 0.15) is 0 Å². The molecule has 0 amide bonds. The van der Waals surface area contributed by atoms with E-state index in [1.165, 1.54) is 12.1 Å². The molecular formula is C7H7FO2. The van der Waals surface area contributed by atoms with Gasteiger partial charge in [0.05, 0.1) is 0 Å². The smallest absolute Gasteiger partial charge is 0.206 e. The van der Waals surface area contributed by atoms with E-state index in [0.29, 0.717) is 5.56 Å². The van der Waals surface area contributed by atoms with Crippen LogP contribution in [-0.2, 0) is 0 Å². The second kappa shape index (κ2) is 2.17. The Morgan fingerprint density at radius 1 is 1.30 bits per heavy atom. The maximum absolute atomic E-state index is 12.5. The van der Waals surface area contributed by atoms with Gasteiger partial charge in [0.15, 0.2) is 11.5 Å². The van der Waals surface area contributed by atoms with E-state index >= 15 is 0 Å². The highest BCUT2D eigenvalue weighted by molar-refractivity contribution is 5.39. The van der Waals surface area contributed by atoms with Crippen LogP contribution in [0.4, 0.5) is 4.39 Å². The molecule has 2 N–H and O–H groups in total. The molecular weight excluding hydrogens is 135 g/mol. The second-order valence-corrected chi connectivity index (χ2v) is 2.06. The molecule has 0 bridgehead atoms. The predicted molar refractivity (Wildman–Crippen MR) is 34.5 cm³/mol. The van der Waals surface area contributed by atoms with Crippen molar-refractivity contribution in [1.82, 2.24) is 0 Å². The van der Waals surface area contributed by atoms with Crippen molar-refractivity contribution in [2.75, 3.05) is 0 Å². The molecule has 0 fully saturated rings. The Bertz CT molecular complexity index is 231. The summed E-state index contributed by atoms with van der Waals surface area (Å²) in [7, 11) is 0. The molecule has 0 unspecified atom stereocenters. The quantitative estimate of drug-likeness (QED) is 0.576. The van der Waals surface area contributed by atoms with Gasteiger partial charge in [-0.15, -0.1) is 0 Å². The molecule has 0 aliphatic heterocycles. The third-order valence-electron chi connectivity index (χ3n) is 1.30. The Kier molecular flexibility index (Phi) is 1.49. The lowest BCUT2D eigenvalue weighted by atomic mass is 10.2. The number of rotatable bonds is 0. The zero-order valence-electron chi connectivity index (χ0n) is 5.43. The van der Waals surface area contributed by atoms with Gasteiger partial charge in [-0.05, 0) is 18.6 Å². The minimum Gasteiger partial charge on any atom is -0.505 e. The molecule has 1 aromatic carbocycles. The molecule has 0 aliphatic rings. The molecule has 0 heterocycles. The number of aromatic hydroxyl groups is 2. The maximum Gasteiger partial charge on any atom is 0.206 e. The van der Waals surface area contributed by atoms with Crippen molar-refractivity contribution in [3.63, 3.8) is 0 Å². The van der Waals surface area contributed by atoms with Crippen molar-refractivity contribution in [3.8, 4) is 11.5 Å². The maximum atomic E-state index is 12.5. The van der Waals surface area contributed by atoms with Crippen LogP contribution in [0, 0.1) is 12.7 Å². The lowest BCUT2D eigenvalue weighted by molar-refractivity contribution is 0.387. The van der Waals surface area contributed by atoms with Crippen molar-refractivity contribution in [1.29, 1.82) is 0 Å². The second-order valence-electron chi connectivity index (χ2n) is 2.06. The molecule has 0 aliphatic carbocycles. The number of aryl methyl sites for hydroxylation is 1. The minimum absolute atomic E-state index is 0.412. The fourth-order valence-electron chi connectivity index (χ4n) is 0.650. The molecule has 0 saturated carbocycles. The fourth-order valence-corrected chi connectivity index (χ4v) is 0.650. The highest BCUT2D eigenvalue weighted by Crippen LogP contribution is 2.27. The summed E-state index contributed by atoms with van der Waals surface area (Å²) < 4.78 is 12.5. The molecule has 0 radical (unpaired) electrons. The largest absolute Gasteiger partial charge is 0.505 e. The van der Waals surface area contributed by atoms with Gasteiger partial charge in [0.2, 0.25) is 5.82 Å². The topological polar surface area (TPSA) is 40.5 Å². The van der Waals surface area contributed by atoms with Crippen LogP contribution < -0.4 is 0 Å². The van der Waals surface area contributed by atoms with Crippen LogP contribution in [0.2, 0.25) is 0 Å². The number of benzene rings is 1. The lowest BCUT2D eigenvalue weighted by Crippen LogP contribution is -1.80. The fraction of sp³-hybridized carbons (Fsp3) is 0.143. The molecule has 0 spiro atoms. The number of hydrogen-bond acceptors (Lipinski definition) is 2. The van der Waals surface area contributed by atoms with Gasteiger partial charge in [-0.3, -0.25) is 0 Å². The zero-order chi connectivity index (χ0) is 7.72. The summed E-state index contributed by atoms with van der Waals surface area (Å²) in [5.41, 5.74) is 0.412. The van der Waals surface area contributed by atoms with E-state index in [2.05, 4.69) is 0 Å². The number of halogens is 1. The van der Waals surface area contributed by atoms with Crippen LogP contribution in [0.15, 0.2) is 12.1 Å². The Balaban J connectivity index is 3.34. The summed E-state index contributed by atoms with van der Waals surface area (Å²) in [6.45, 7) is 1.55. The summed E-state index contributed by atoms with van der Waals surface area (Å²) in [6, 6.07) is 2.64. The SMILES string of the molecule is Cc1ccc(O)c(F)c1O. The summed E-state index contributed by atoms with van der Waals surface area (Å²) in [6.07, 6.45) is 0. The molecule has 0 aromatic heterocycles. The van der Waals surface area contributed by atoms with Gasteiger partial charge in [0.25, 0.3) is 0 Å². The summed E-state index contributed by atoms with van der Waals surface area (Å²) in [4.78, 5) is 0. The third kappa shape index (κ3) is 0.900. The monoisotopic (exact) mass is 142 g/mol. The number of hydrogen-bond donors (Lipinski definition) is 2. The van der Waals surface area contributed by atoms with Crippen molar-refractivity contribution in [2.24, 2.45) is 0 Å². The van der Waals surface area contributed by atoms with E-state index < -0.39 is 17.3 Å². The van der Waals surface area contributed by atoms with E-state index in [0.717, 1.165) is 0 Å². The first-order chi connectivity index (χ1) is 4.63. The van der Waals surface area contributed by atoms with Crippen LogP contribution in [-0.4, -0.2) is 10.2 Å². The van der Waals surface area contributed by atoms with E-state index in [9.17, 15) is 4.39 Å². The molecule has 3 heteroatoms. The van der Waals surface area contributed by atoms with Crippen LogP contribution in [0.5, 0.6) is 11.5 Å². The Labute approximate surface area is 57.6 Å². The first kappa shape index (κ1) is 6.86. The van der Waals surface area contributed by atoms with Crippen molar-refractivity contribution >= 4 is 0 Å². The van der Waals surface area contributed by atoms with Crippen LogP contribution in [0.3, 0.4) is 0 Å². The van der Waals surface area contributed by atoms with Gasteiger partial charge in [-0.2, -0.15) is 4.39 Å². The molecule has 0 saturated heterocycles. The normalized spacial score (nSPS) is 9.80. The Morgan fingerprint density at radius 3 is 2.40 bits per heavy atom. The summed E-state index contributed by atoms with van der Waals surface area (Å²) in [5, 5.41) is 17.5. The van der Waals surface area contributed by atoms with Crippen LogP contribution in [0.1, 0.15) is 5.56 Å². The van der Waals surface area contributed by atoms with Gasteiger partial charge in [0, 0.05) is 0 Å². The average Bonchev–Trinajstić information content (AvgIpc) is 1.93.